The Bertz CT molecular complexity index is 114. The summed E-state index contributed by atoms with van der Waals surface area (Å²) < 4.78 is 4.66. The first-order chi connectivity index (χ1) is 4.33. The van der Waals surface area contributed by atoms with Gasteiger partial charge in [0.05, 0.1) is 6.61 Å². The first-order valence-electron chi connectivity index (χ1n) is 3.26. The number of hydrogen-bond donors (Lipinski definition) is 1. The summed E-state index contributed by atoms with van der Waals surface area (Å²) in [6.07, 6.45) is 1.67. The van der Waals surface area contributed by atoms with E-state index in [0.717, 1.165) is 12.8 Å². The number of carbonyl (C=O) groups is 1. The fraction of sp³-hybridized carbons (Fsp3) is 0.833. The number of cyclic esters (lactones) is 1. The van der Waals surface area contributed by atoms with Crippen molar-refractivity contribution in [3.05, 3.63) is 0 Å². The van der Waals surface area contributed by atoms with Crippen molar-refractivity contribution in [3.63, 3.8) is 0 Å². The van der Waals surface area contributed by atoms with Crippen molar-refractivity contribution in [2.75, 3.05) is 6.61 Å². The molecule has 1 fully saturated rings. The fourth-order valence-electron chi connectivity index (χ4n) is 0.881. The quantitative estimate of drug-likeness (QED) is 0.571. The second-order valence-corrected chi connectivity index (χ2v) is 2.17. The van der Waals surface area contributed by atoms with Gasteiger partial charge in [0, 0.05) is 12.5 Å². The summed E-state index contributed by atoms with van der Waals surface area (Å²) in [6.45, 7) is 2.63. The van der Waals surface area contributed by atoms with Gasteiger partial charge in [-0.1, -0.05) is 6.92 Å². The van der Waals surface area contributed by atoms with Gasteiger partial charge in [0.15, 0.2) is 0 Å². The highest BCUT2D eigenvalue weighted by atomic mass is 16.5. The molecule has 1 N–H and O–H groups in total. The molecule has 1 amide bonds. The SMILES string of the molecule is CCC1CCOC(=O)N1. The Morgan fingerprint density at radius 2 is 2.67 bits per heavy atom. The minimum absolute atomic E-state index is 0.270. The Kier molecular flexibility index (Phi) is 1.92. The number of rotatable bonds is 1. The lowest BCUT2D eigenvalue weighted by Crippen LogP contribution is -2.40. The molecule has 0 aromatic rings. The van der Waals surface area contributed by atoms with Crippen LogP contribution in [0.2, 0.25) is 0 Å². The molecule has 1 atom stereocenters. The number of alkyl carbamates (subject to hydrolysis) is 1. The Labute approximate surface area is 54.4 Å². The summed E-state index contributed by atoms with van der Waals surface area (Å²) >= 11 is 0. The summed E-state index contributed by atoms with van der Waals surface area (Å²) in [5.41, 5.74) is 0. The third-order valence-corrected chi connectivity index (χ3v) is 1.51. The summed E-state index contributed by atoms with van der Waals surface area (Å²) in [5, 5.41) is 2.70. The lowest BCUT2D eigenvalue weighted by molar-refractivity contribution is 0.115. The van der Waals surface area contributed by atoms with Gasteiger partial charge in [-0.25, -0.2) is 4.79 Å². The number of amides is 1. The zero-order valence-corrected chi connectivity index (χ0v) is 5.52. The van der Waals surface area contributed by atoms with Crippen molar-refractivity contribution in [2.45, 2.75) is 25.8 Å². The van der Waals surface area contributed by atoms with E-state index < -0.39 is 0 Å². The molecule has 3 nitrogen and oxygen atoms in total. The molecule has 9 heavy (non-hydrogen) atoms. The van der Waals surface area contributed by atoms with Crippen molar-refractivity contribution in [2.24, 2.45) is 0 Å². The van der Waals surface area contributed by atoms with Crippen LogP contribution in [0.25, 0.3) is 0 Å². The third kappa shape index (κ3) is 1.59. The third-order valence-electron chi connectivity index (χ3n) is 1.51. The van der Waals surface area contributed by atoms with E-state index in [-0.39, 0.29) is 6.09 Å². The van der Waals surface area contributed by atoms with Gasteiger partial charge in [0.1, 0.15) is 0 Å². The number of carbonyl (C=O) groups excluding carboxylic acids is 1. The Balaban J connectivity index is 2.32. The molecule has 52 valence electrons. The van der Waals surface area contributed by atoms with Gasteiger partial charge in [0.2, 0.25) is 0 Å². The fourth-order valence-corrected chi connectivity index (χ4v) is 0.881. The molecule has 0 spiro atoms. The zero-order chi connectivity index (χ0) is 6.69. The molecule has 1 rings (SSSR count). The molecule has 1 aliphatic rings. The molecule has 1 unspecified atom stereocenters. The molecule has 0 bridgehead atoms. The first-order valence-corrected chi connectivity index (χ1v) is 3.26. The maximum Gasteiger partial charge on any atom is 0.407 e. The summed E-state index contributed by atoms with van der Waals surface area (Å²) in [4.78, 5) is 10.5. The summed E-state index contributed by atoms with van der Waals surface area (Å²) in [6, 6.07) is 0.339. The number of ether oxygens (including phenoxy) is 1. The van der Waals surface area contributed by atoms with Crippen molar-refractivity contribution in [1.29, 1.82) is 0 Å². The van der Waals surface area contributed by atoms with Crippen LogP contribution in [0.4, 0.5) is 4.79 Å². The predicted molar refractivity (Wildman–Crippen MR) is 33.2 cm³/mol. The standard InChI is InChI=1S/C6H11NO2/c1-2-5-3-4-9-6(8)7-5/h5H,2-4H2,1H3,(H,7,8). The minimum Gasteiger partial charge on any atom is -0.449 e. The van der Waals surface area contributed by atoms with Crippen LogP contribution < -0.4 is 5.32 Å². The number of nitrogens with one attached hydrogen (secondary N) is 1. The normalized spacial score (nSPS) is 26.8. The van der Waals surface area contributed by atoms with Crippen LogP contribution in [0.5, 0.6) is 0 Å². The van der Waals surface area contributed by atoms with E-state index >= 15 is 0 Å². The summed E-state index contributed by atoms with van der Waals surface area (Å²) in [7, 11) is 0. The largest absolute Gasteiger partial charge is 0.449 e. The molecule has 0 aromatic carbocycles. The van der Waals surface area contributed by atoms with Gasteiger partial charge < -0.3 is 10.1 Å². The van der Waals surface area contributed by atoms with Crippen LogP contribution in [0.3, 0.4) is 0 Å². The second kappa shape index (κ2) is 2.71. The lowest BCUT2D eigenvalue weighted by atomic mass is 10.1. The van der Waals surface area contributed by atoms with Gasteiger partial charge in [-0.15, -0.1) is 0 Å². The van der Waals surface area contributed by atoms with Gasteiger partial charge in [-0.2, -0.15) is 0 Å². The second-order valence-electron chi connectivity index (χ2n) is 2.17. The average Bonchev–Trinajstić information content (AvgIpc) is 1.88. The number of hydrogen-bond acceptors (Lipinski definition) is 2. The van der Waals surface area contributed by atoms with E-state index in [2.05, 4.69) is 17.0 Å². The summed E-state index contributed by atoms with van der Waals surface area (Å²) in [5.74, 6) is 0. The topological polar surface area (TPSA) is 38.3 Å². The smallest absolute Gasteiger partial charge is 0.407 e. The van der Waals surface area contributed by atoms with Gasteiger partial charge in [-0.05, 0) is 6.42 Å². The van der Waals surface area contributed by atoms with Crippen LogP contribution in [0.15, 0.2) is 0 Å². The van der Waals surface area contributed by atoms with Gasteiger partial charge in [0.25, 0.3) is 0 Å². The zero-order valence-electron chi connectivity index (χ0n) is 5.52. The molecule has 1 aliphatic heterocycles. The highest BCUT2D eigenvalue weighted by Gasteiger charge is 2.16. The van der Waals surface area contributed by atoms with Gasteiger partial charge in [-0.3, -0.25) is 0 Å². The van der Waals surface area contributed by atoms with Crippen LogP contribution in [-0.4, -0.2) is 18.7 Å². The van der Waals surface area contributed by atoms with Crippen LogP contribution in [0.1, 0.15) is 19.8 Å². The Morgan fingerprint density at radius 1 is 1.89 bits per heavy atom. The van der Waals surface area contributed by atoms with E-state index in [1.165, 1.54) is 0 Å². The molecule has 0 radical (unpaired) electrons. The monoisotopic (exact) mass is 129 g/mol. The van der Waals surface area contributed by atoms with Crippen LogP contribution in [0, 0.1) is 0 Å². The Hall–Kier alpha value is -0.730. The first kappa shape index (κ1) is 6.39. The maximum absolute atomic E-state index is 10.5. The molecule has 3 heteroatoms. The van der Waals surface area contributed by atoms with Crippen molar-refractivity contribution >= 4 is 6.09 Å². The van der Waals surface area contributed by atoms with Crippen LogP contribution in [-0.2, 0) is 4.74 Å². The van der Waals surface area contributed by atoms with Gasteiger partial charge >= 0.3 is 6.09 Å². The van der Waals surface area contributed by atoms with E-state index in [4.69, 9.17) is 0 Å². The Morgan fingerprint density at radius 3 is 3.11 bits per heavy atom. The molecule has 0 aliphatic carbocycles. The molecule has 0 aromatic heterocycles. The van der Waals surface area contributed by atoms with E-state index in [9.17, 15) is 4.79 Å². The maximum atomic E-state index is 10.5. The average molecular weight is 129 g/mol. The molecule has 1 saturated heterocycles. The lowest BCUT2D eigenvalue weighted by Gasteiger charge is -2.21. The molecule has 0 saturated carbocycles. The van der Waals surface area contributed by atoms with Crippen LogP contribution >= 0.6 is 0 Å². The van der Waals surface area contributed by atoms with Crippen molar-refractivity contribution in [3.8, 4) is 0 Å². The van der Waals surface area contributed by atoms with E-state index in [1.54, 1.807) is 0 Å². The van der Waals surface area contributed by atoms with E-state index in [1.807, 2.05) is 0 Å². The molecule has 1 heterocycles. The minimum atomic E-state index is -0.270. The molecular formula is C6H11NO2. The van der Waals surface area contributed by atoms with E-state index in [0.29, 0.717) is 12.6 Å². The highest BCUT2D eigenvalue weighted by Crippen LogP contribution is 2.03. The van der Waals surface area contributed by atoms with Crippen molar-refractivity contribution in [1.82, 2.24) is 5.32 Å². The highest BCUT2D eigenvalue weighted by molar-refractivity contribution is 5.68. The van der Waals surface area contributed by atoms with Crippen molar-refractivity contribution < 1.29 is 9.53 Å². The predicted octanol–water partition coefficient (Wildman–Crippen LogP) is 0.895. The molecular weight excluding hydrogens is 118 g/mol.